The van der Waals surface area contributed by atoms with Crippen molar-refractivity contribution in [1.82, 2.24) is 0 Å². The van der Waals surface area contributed by atoms with Crippen molar-refractivity contribution in [3.05, 3.63) is 54.1 Å². The molecule has 4 heteroatoms. The number of hydrogen-bond acceptors (Lipinski definition) is 4. The van der Waals surface area contributed by atoms with Crippen LogP contribution < -0.4 is 14.2 Å². The first-order chi connectivity index (χ1) is 12.2. The van der Waals surface area contributed by atoms with Gasteiger partial charge in [-0.1, -0.05) is 24.3 Å². The van der Waals surface area contributed by atoms with Crippen LogP contribution in [-0.4, -0.2) is 28.1 Å². The summed E-state index contributed by atoms with van der Waals surface area (Å²) in [5.74, 6) is 2.36. The van der Waals surface area contributed by atoms with E-state index in [2.05, 4.69) is 25.1 Å². The predicted octanol–water partition coefficient (Wildman–Crippen LogP) is 4.82. The zero-order valence-corrected chi connectivity index (χ0v) is 15.0. The lowest BCUT2D eigenvalue weighted by Gasteiger charge is -2.17. The molecule has 0 saturated carbocycles. The third kappa shape index (κ3) is 3.26. The zero-order valence-electron chi connectivity index (χ0n) is 15.0. The fraction of sp³-hybridized carbons (Fsp3) is 0.238. The molecule has 0 spiro atoms. The maximum absolute atomic E-state index is 5.71. The van der Waals surface area contributed by atoms with Gasteiger partial charge in [-0.15, -0.1) is 0 Å². The van der Waals surface area contributed by atoms with E-state index in [1.165, 1.54) is 0 Å². The lowest BCUT2D eigenvalue weighted by atomic mass is 9.93. The molecule has 0 atom stereocenters. The van der Waals surface area contributed by atoms with Crippen LogP contribution in [0.4, 0.5) is 0 Å². The highest BCUT2D eigenvalue weighted by atomic mass is 16.7. The summed E-state index contributed by atoms with van der Waals surface area (Å²) in [5.41, 5.74) is 3.24. The van der Waals surface area contributed by atoms with Gasteiger partial charge in [-0.05, 0) is 41.6 Å². The van der Waals surface area contributed by atoms with Crippen LogP contribution in [-0.2, 0) is 4.74 Å². The Morgan fingerprint density at radius 2 is 1.56 bits per heavy atom. The van der Waals surface area contributed by atoms with Crippen LogP contribution in [0.3, 0.4) is 0 Å². The zero-order chi connectivity index (χ0) is 17.8. The van der Waals surface area contributed by atoms with E-state index in [-0.39, 0.29) is 6.79 Å². The number of hydrogen-bond donors (Lipinski definition) is 0. The second-order valence-electron chi connectivity index (χ2n) is 5.73. The molecule has 3 rings (SSSR count). The average Bonchev–Trinajstić information content (AvgIpc) is 2.65. The van der Waals surface area contributed by atoms with E-state index >= 15 is 0 Å². The van der Waals surface area contributed by atoms with Crippen molar-refractivity contribution in [2.75, 3.05) is 28.1 Å². The van der Waals surface area contributed by atoms with E-state index in [1.54, 1.807) is 21.3 Å². The lowest BCUT2D eigenvalue weighted by molar-refractivity contribution is 0.0522. The van der Waals surface area contributed by atoms with Gasteiger partial charge < -0.3 is 18.9 Å². The first-order valence-electron chi connectivity index (χ1n) is 8.06. The smallest absolute Gasteiger partial charge is 0.188 e. The number of aryl methyl sites for hydroxylation is 1. The van der Waals surface area contributed by atoms with Crippen LogP contribution in [0, 0.1) is 6.92 Å². The van der Waals surface area contributed by atoms with Gasteiger partial charge in [-0.25, -0.2) is 0 Å². The Kier molecular flexibility index (Phi) is 5.10. The largest absolute Gasteiger partial charge is 0.497 e. The summed E-state index contributed by atoms with van der Waals surface area (Å²) < 4.78 is 21.7. The molecule has 0 fully saturated rings. The number of methoxy groups -OCH3 is 3. The number of fused-ring (bicyclic) bond motifs is 1. The van der Waals surface area contributed by atoms with Gasteiger partial charge in [-0.3, -0.25) is 0 Å². The summed E-state index contributed by atoms with van der Waals surface area (Å²) in [5, 5.41) is 2.14. The van der Waals surface area contributed by atoms with E-state index in [0.29, 0.717) is 0 Å². The summed E-state index contributed by atoms with van der Waals surface area (Å²) in [6.45, 7) is 2.28. The quantitative estimate of drug-likeness (QED) is 0.604. The van der Waals surface area contributed by atoms with Crippen molar-refractivity contribution in [1.29, 1.82) is 0 Å². The fourth-order valence-electron chi connectivity index (χ4n) is 3.08. The molecule has 25 heavy (non-hydrogen) atoms. The summed E-state index contributed by atoms with van der Waals surface area (Å²) >= 11 is 0. The average molecular weight is 338 g/mol. The SMILES string of the molecule is COCOc1ccc(-c2c(C)cc(OC)cc2OC)c2ccccc12. The Bertz CT molecular complexity index is 886. The van der Waals surface area contributed by atoms with Gasteiger partial charge in [0.15, 0.2) is 6.79 Å². The molecule has 0 aromatic heterocycles. The number of benzene rings is 3. The monoisotopic (exact) mass is 338 g/mol. The van der Waals surface area contributed by atoms with E-state index in [9.17, 15) is 0 Å². The standard InChI is InChI=1S/C21H22O4/c1-14-11-15(23-3)12-20(24-4)21(14)18-9-10-19(25-13-22-2)17-8-6-5-7-16(17)18/h5-12H,13H2,1-4H3. The highest BCUT2D eigenvalue weighted by Gasteiger charge is 2.16. The molecule has 3 aromatic carbocycles. The molecule has 0 aliphatic carbocycles. The highest BCUT2D eigenvalue weighted by molar-refractivity contribution is 6.01. The number of rotatable bonds is 6. The molecule has 0 aliphatic heterocycles. The minimum Gasteiger partial charge on any atom is -0.497 e. The Morgan fingerprint density at radius 3 is 2.24 bits per heavy atom. The van der Waals surface area contributed by atoms with Gasteiger partial charge in [-0.2, -0.15) is 0 Å². The predicted molar refractivity (Wildman–Crippen MR) is 99.7 cm³/mol. The topological polar surface area (TPSA) is 36.9 Å². The molecule has 0 heterocycles. The van der Waals surface area contributed by atoms with Crippen molar-refractivity contribution < 1.29 is 18.9 Å². The van der Waals surface area contributed by atoms with Crippen LogP contribution in [0.15, 0.2) is 48.5 Å². The van der Waals surface area contributed by atoms with Crippen LogP contribution in [0.5, 0.6) is 17.2 Å². The Labute approximate surface area is 147 Å². The van der Waals surface area contributed by atoms with E-state index < -0.39 is 0 Å². The van der Waals surface area contributed by atoms with Gasteiger partial charge >= 0.3 is 0 Å². The second-order valence-corrected chi connectivity index (χ2v) is 5.73. The van der Waals surface area contributed by atoms with Crippen LogP contribution in [0.1, 0.15) is 5.56 Å². The molecule has 0 unspecified atom stereocenters. The minimum atomic E-state index is 0.216. The third-order valence-corrected chi connectivity index (χ3v) is 4.21. The molecule has 0 N–H and O–H groups in total. The van der Waals surface area contributed by atoms with Gasteiger partial charge in [0.05, 0.1) is 14.2 Å². The first-order valence-corrected chi connectivity index (χ1v) is 8.06. The molecule has 4 nitrogen and oxygen atoms in total. The van der Waals surface area contributed by atoms with Gasteiger partial charge in [0, 0.05) is 24.1 Å². The highest BCUT2D eigenvalue weighted by Crippen LogP contribution is 2.42. The molecule has 0 bridgehead atoms. The normalized spacial score (nSPS) is 10.7. The van der Waals surface area contributed by atoms with E-state index in [4.69, 9.17) is 18.9 Å². The van der Waals surface area contributed by atoms with Crippen LogP contribution >= 0.6 is 0 Å². The summed E-state index contributed by atoms with van der Waals surface area (Å²) in [4.78, 5) is 0. The Hall–Kier alpha value is -2.72. The summed E-state index contributed by atoms with van der Waals surface area (Å²) in [6, 6.07) is 16.1. The Morgan fingerprint density at radius 1 is 0.800 bits per heavy atom. The van der Waals surface area contributed by atoms with Crippen molar-refractivity contribution in [3.8, 4) is 28.4 Å². The van der Waals surface area contributed by atoms with Gasteiger partial charge in [0.25, 0.3) is 0 Å². The lowest BCUT2D eigenvalue weighted by Crippen LogP contribution is -2.00. The maximum atomic E-state index is 5.71. The van der Waals surface area contributed by atoms with Crippen LogP contribution in [0.25, 0.3) is 21.9 Å². The van der Waals surface area contributed by atoms with Crippen LogP contribution in [0.2, 0.25) is 0 Å². The van der Waals surface area contributed by atoms with E-state index in [0.717, 1.165) is 44.7 Å². The Balaban J connectivity index is 2.24. The van der Waals surface area contributed by atoms with Gasteiger partial charge in [0.2, 0.25) is 0 Å². The maximum Gasteiger partial charge on any atom is 0.188 e. The van der Waals surface area contributed by atoms with Crippen molar-refractivity contribution in [2.45, 2.75) is 6.92 Å². The van der Waals surface area contributed by atoms with Gasteiger partial charge in [0.1, 0.15) is 17.2 Å². The fourth-order valence-corrected chi connectivity index (χ4v) is 3.08. The van der Waals surface area contributed by atoms with Crippen molar-refractivity contribution in [2.24, 2.45) is 0 Å². The number of ether oxygens (including phenoxy) is 4. The molecule has 0 amide bonds. The molecule has 130 valence electrons. The molecule has 3 aromatic rings. The van der Waals surface area contributed by atoms with Crippen molar-refractivity contribution >= 4 is 10.8 Å². The van der Waals surface area contributed by atoms with Crippen molar-refractivity contribution in [3.63, 3.8) is 0 Å². The third-order valence-electron chi connectivity index (χ3n) is 4.21. The first kappa shape index (κ1) is 17.1. The minimum absolute atomic E-state index is 0.216. The molecule has 0 saturated heterocycles. The summed E-state index contributed by atoms with van der Waals surface area (Å²) in [6.07, 6.45) is 0. The molecule has 0 aliphatic rings. The molecule has 0 radical (unpaired) electrons. The molecular formula is C21H22O4. The van der Waals surface area contributed by atoms with E-state index in [1.807, 2.05) is 30.3 Å². The summed E-state index contributed by atoms with van der Waals surface area (Å²) in [7, 11) is 4.95. The molecular weight excluding hydrogens is 316 g/mol. The second kappa shape index (κ2) is 7.45.